The van der Waals surface area contributed by atoms with Gasteiger partial charge in [-0.2, -0.15) is 0 Å². The fraction of sp³-hybridized carbons (Fsp3) is 0.0750. The van der Waals surface area contributed by atoms with Crippen LogP contribution in [0.3, 0.4) is 0 Å². The molecule has 0 aliphatic heterocycles. The van der Waals surface area contributed by atoms with Gasteiger partial charge in [0.05, 0.1) is 27.6 Å². The van der Waals surface area contributed by atoms with Crippen LogP contribution in [-0.2, 0) is 6.42 Å². The average Bonchev–Trinajstić information content (AvgIpc) is 3.63. The Labute approximate surface area is 258 Å². The number of benzene rings is 5. The van der Waals surface area contributed by atoms with E-state index in [4.69, 9.17) is 14.4 Å². The Kier molecular flexibility index (Phi) is 4.98. The van der Waals surface area contributed by atoms with Crippen molar-refractivity contribution < 1.29 is 4.42 Å². The summed E-state index contributed by atoms with van der Waals surface area (Å²) in [6, 6.07) is 34.1. The summed E-state index contributed by atoms with van der Waals surface area (Å²) in [6.45, 7) is 2.24. The molecule has 4 aromatic heterocycles. The summed E-state index contributed by atoms with van der Waals surface area (Å²) in [5, 5.41) is 6.97. The predicted octanol–water partition coefficient (Wildman–Crippen LogP) is 10.00. The van der Waals surface area contributed by atoms with E-state index in [0.29, 0.717) is 11.9 Å². The highest BCUT2D eigenvalue weighted by Gasteiger charge is 2.27. The molecule has 0 saturated heterocycles. The number of aromatic nitrogens is 4. The molecular weight excluding hydrogens is 552 g/mol. The van der Waals surface area contributed by atoms with Crippen LogP contribution in [0.5, 0.6) is 0 Å². The summed E-state index contributed by atoms with van der Waals surface area (Å²) in [6.07, 6.45) is 9.12. The van der Waals surface area contributed by atoms with Gasteiger partial charge in [0.2, 0.25) is 5.95 Å². The number of rotatable bonds is 3. The Morgan fingerprint density at radius 2 is 1.62 bits per heavy atom. The van der Waals surface area contributed by atoms with Gasteiger partial charge >= 0.3 is 0 Å². The van der Waals surface area contributed by atoms with Gasteiger partial charge in [-0.3, -0.25) is 9.55 Å². The zero-order chi connectivity index (χ0) is 29.6. The number of allylic oxidation sites excluding steroid dienone is 1. The highest BCUT2D eigenvalue weighted by molar-refractivity contribution is 6.30. The molecule has 0 saturated carbocycles. The minimum absolute atomic E-state index is 0.442. The fourth-order valence-corrected chi connectivity index (χ4v) is 7.30. The lowest BCUT2D eigenvalue weighted by molar-refractivity contribution is 0.513. The van der Waals surface area contributed by atoms with E-state index in [1.807, 2.05) is 18.3 Å². The number of hydrogen-bond acceptors (Lipinski definition) is 4. The molecule has 0 bridgehead atoms. The number of furan rings is 1. The summed E-state index contributed by atoms with van der Waals surface area (Å²) < 4.78 is 8.86. The SMILES string of the molecule is CC1C=Cc2c(oc3cc4ccc5cccc6c5c4c(c23)n6-c2nc(-c3ccc(-c4cccnc4)cc3)c3ccccc3n2)C1. The molecule has 9 aromatic rings. The Bertz CT molecular complexity index is 2630. The smallest absolute Gasteiger partial charge is 0.235 e. The van der Waals surface area contributed by atoms with E-state index in [0.717, 1.165) is 72.9 Å². The van der Waals surface area contributed by atoms with Gasteiger partial charge in [-0.1, -0.05) is 91.9 Å². The molecule has 0 N–H and O–H groups in total. The van der Waals surface area contributed by atoms with Crippen LogP contribution in [0.25, 0.3) is 88.9 Å². The van der Waals surface area contributed by atoms with E-state index in [9.17, 15) is 0 Å². The van der Waals surface area contributed by atoms with Crippen LogP contribution in [0.2, 0.25) is 0 Å². The molecule has 0 fully saturated rings. The van der Waals surface area contributed by atoms with E-state index in [2.05, 4.69) is 114 Å². The summed E-state index contributed by atoms with van der Waals surface area (Å²) >= 11 is 0. The van der Waals surface area contributed by atoms with Gasteiger partial charge in [0.15, 0.2) is 0 Å². The highest BCUT2D eigenvalue weighted by atomic mass is 16.3. The summed E-state index contributed by atoms with van der Waals surface area (Å²) in [7, 11) is 0. The number of pyridine rings is 1. The maximum atomic E-state index is 6.59. The van der Waals surface area contributed by atoms with Crippen LogP contribution >= 0.6 is 0 Å². The highest BCUT2D eigenvalue weighted by Crippen LogP contribution is 2.46. The van der Waals surface area contributed by atoms with E-state index < -0.39 is 0 Å². The molecule has 5 heteroatoms. The topological polar surface area (TPSA) is 56.7 Å². The number of nitrogens with zero attached hydrogens (tertiary/aromatic N) is 4. The van der Waals surface area contributed by atoms with Crippen LogP contribution in [0.15, 0.2) is 120 Å². The van der Waals surface area contributed by atoms with Crippen molar-refractivity contribution in [3.05, 3.63) is 127 Å². The second-order valence-electron chi connectivity index (χ2n) is 12.2. The van der Waals surface area contributed by atoms with Crippen LogP contribution in [0, 0.1) is 5.92 Å². The third-order valence-corrected chi connectivity index (χ3v) is 9.37. The molecule has 1 atom stereocenters. The first-order valence-electron chi connectivity index (χ1n) is 15.4. The van der Waals surface area contributed by atoms with Gasteiger partial charge in [-0.15, -0.1) is 0 Å². The van der Waals surface area contributed by atoms with E-state index in [1.54, 1.807) is 6.20 Å². The normalized spacial score (nSPS) is 14.8. The largest absolute Gasteiger partial charge is 0.460 e. The molecule has 1 unspecified atom stereocenters. The number of para-hydroxylation sites is 1. The van der Waals surface area contributed by atoms with Crippen molar-refractivity contribution in [2.75, 3.05) is 0 Å². The van der Waals surface area contributed by atoms with E-state index >= 15 is 0 Å². The monoisotopic (exact) mass is 578 g/mol. The molecule has 5 nitrogen and oxygen atoms in total. The van der Waals surface area contributed by atoms with Gasteiger partial charge in [-0.05, 0) is 52.1 Å². The quantitative estimate of drug-likeness (QED) is 0.196. The van der Waals surface area contributed by atoms with Crippen LogP contribution < -0.4 is 0 Å². The molecule has 5 aromatic carbocycles. The molecule has 1 aliphatic carbocycles. The molecule has 0 amide bonds. The third-order valence-electron chi connectivity index (χ3n) is 9.37. The summed E-state index contributed by atoms with van der Waals surface area (Å²) in [4.78, 5) is 14.9. The Balaban J connectivity index is 1.30. The minimum Gasteiger partial charge on any atom is -0.460 e. The van der Waals surface area contributed by atoms with Gasteiger partial charge in [-0.25, -0.2) is 9.97 Å². The minimum atomic E-state index is 0.442. The van der Waals surface area contributed by atoms with Crippen molar-refractivity contribution in [2.45, 2.75) is 13.3 Å². The average molecular weight is 579 g/mol. The number of fused-ring (bicyclic) bond motifs is 5. The van der Waals surface area contributed by atoms with Crippen molar-refractivity contribution in [3.8, 4) is 28.3 Å². The molecular formula is C40H26N4O. The molecule has 0 spiro atoms. The molecule has 1 aliphatic rings. The zero-order valence-corrected chi connectivity index (χ0v) is 24.5. The molecule has 4 heterocycles. The van der Waals surface area contributed by atoms with Gasteiger partial charge in [0.1, 0.15) is 11.3 Å². The molecule has 0 radical (unpaired) electrons. The first-order chi connectivity index (χ1) is 22.2. The van der Waals surface area contributed by atoms with Gasteiger partial charge in [0.25, 0.3) is 0 Å². The second kappa shape index (κ2) is 9.10. The van der Waals surface area contributed by atoms with Crippen LogP contribution in [0.1, 0.15) is 18.2 Å². The first-order valence-corrected chi connectivity index (χ1v) is 15.4. The van der Waals surface area contributed by atoms with Gasteiger partial charge in [0, 0.05) is 46.1 Å². The zero-order valence-electron chi connectivity index (χ0n) is 24.5. The third kappa shape index (κ3) is 3.52. The molecule has 10 rings (SSSR count). The van der Waals surface area contributed by atoms with Crippen LogP contribution in [-0.4, -0.2) is 19.5 Å². The Morgan fingerprint density at radius 3 is 2.51 bits per heavy atom. The van der Waals surface area contributed by atoms with Crippen molar-refractivity contribution in [1.29, 1.82) is 0 Å². The molecule has 45 heavy (non-hydrogen) atoms. The second-order valence-corrected chi connectivity index (χ2v) is 12.2. The summed E-state index contributed by atoms with van der Waals surface area (Å²) in [5.41, 5.74) is 9.33. The van der Waals surface area contributed by atoms with E-state index in [1.165, 1.54) is 21.7 Å². The maximum Gasteiger partial charge on any atom is 0.235 e. The maximum absolute atomic E-state index is 6.59. The van der Waals surface area contributed by atoms with Crippen molar-refractivity contribution in [1.82, 2.24) is 19.5 Å². The van der Waals surface area contributed by atoms with Gasteiger partial charge < -0.3 is 4.42 Å². The van der Waals surface area contributed by atoms with Crippen molar-refractivity contribution in [2.24, 2.45) is 5.92 Å². The van der Waals surface area contributed by atoms with Crippen molar-refractivity contribution >= 4 is 60.5 Å². The number of hydrogen-bond donors (Lipinski definition) is 0. The Morgan fingerprint density at radius 1 is 0.756 bits per heavy atom. The first kappa shape index (κ1) is 24.6. The summed E-state index contributed by atoms with van der Waals surface area (Å²) in [5.74, 6) is 2.14. The standard InChI is InChI=1S/C40H26N4O/c1-23-11-18-30-33(20-23)45-34-21-27-17-14-25-6-4-10-32-35(25)36(27)39(37(30)34)44(32)40-42-31-9-3-2-8-29(31)38(43-40)26-15-12-24(13-16-26)28-7-5-19-41-22-28/h2-19,21-23H,20H2,1H3. The lowest BCUT2D eigenvalue weighted by Gasteiger charge is -2.13. The molecule has 212 valence electrons. The van der Waals surface area contributed by atoms with E-state index in [-0.39, 0.29) is 0 Å². The van der Waals surface area contributed by atoms with Crippen molar-refractivity contribution in [3.63, 3.8) is 0 Å². The lowest BCUT2D eigenvalue weighted by Crippen LogP contribution is -2.04. The fourth-order valence-electron chi connectivity index (χ4n) is 7.30. The predicted molar refractivity (Wildman–Crippen MR) is 183 cm³/mol. The Hall–Kier alpha value is -5.81. The van der Waals surface area contributed by atoms with Crippen LogP contribution in [0.4, 0.5) is 0 Å². The lowest BCUT2D eigenvalue weighted by atomic mass is 9.93.